The van der Waals surface area contributed by atoms with Crippen LogP contribution in [0.2, 0.25) is 0 Å². The van der Waals surface area contributed by atoms with E-state index in [0.717, 1.165) is 28.6 Å². The molecule has 0 atom stereocenters. The van der Waals surface area contributed by atoms with Gasteiger partial charge in [-0.15, -0.1) is 0 Å². The lowest BCUT2D eigenvalue weighted by Crippen LogP contribution is -2.27. The molecule has 0 aromatic heterocycles. The fraction of sp³-hybridized carbons (Fsp3) is 0.533. The molecule has 0 amide bonds. The van der Waals surface area contributed by atoms with Gasteiger partial charge >= 0.3 is 0 Å². The van der Waals surface area contributed by atoms with Crippen LogP contribution in [0.1, 0.15) is 32.1 Å². The Kier molecular flexibility index (Phi) is 4.01. The summed E-state index contributed by atoms with van der Waals surface area (Å²) < 4.78 is 11.1. The lowest BCUT2D eigenvalue weighted by molar-refractivity contribution is -0.0440. The summed E-state index contributed by atoms with van der Waals surface area (Å²) in [4.78, 5) is 4.74. The molecule has 1 N–H and O–H groups in total. The topological polar surface area (TPSA) is 42.8 Å². The normalized spacial score (nSPS) is 22.6. The van der Waals surface area contributed by atoms with Gasteiger partial charge in [-0.1, -0.05) is 23.9 Å². The molecule has 1 saturated heterocycles. The molecule has 2 heterocycles. The lowest BCUT2D eigenvalue weighted by Gasteiger charge is -2.26. The van der Waals surface area contributed by atoms with E-state index < -0.39 is 0 Å². The molecule has 108 valence electrons. The van der Waals surface area contributed by atoms with Crippen LogP contribution < -0.4 is 5.32 Å². The van der Waals surface area contributed by atoms with Gasteiger partial charge in [0.15, 0.2) is 11.5 Å². The highest BCUT2D eigenvalue weighted by Gasteiger charge is 2.23. The second-order valence-corrected chi connectivity index (χ2v) is 6.74. The van der Waals surface area contributed by atoms with Crippen LogP contribution in [0.4, 0.5) is 5.69 Å². The minimum atomic E-state index is -0.228. The predicted molar refractivity (Wildman–Crippen MR) is 83.3 cm³/mol. The maximum absolute atomic E-state index is 5.53. The second-order valence-electron chi connectivity index (χ2n) is 5.65. The summed E-state index contributed by atoms with van der Waals surface area (Å²) in [6.07, 6.45) is 0.890. The van der Waals surface area contributed by atoms with Crippen molar-refractivity contribution < 1.29 is 9.47 Å². The summed E-state index contributed by atoms with van der Waals surface area (Å²) in [7, 11) is 0. The predicted octanol–water partition coefficient (Wildman–Crippen LogP) is 3.42. The summed E-state index contributed by atoms with van der Waals surface area (Å²) in [6.45, 7) is 5.67. The molecule has 0 unspecified atom stereocenters. The number of aliphatic imine (C=N–C) groups is 1. The van der Waals surface area contributed by atoms with Crippen LogP contribution in [0.5, 0.6) is 0 Å². The molecule has 0 radical (unpaired) electrons. The number of amidine groups is 1. The quantitative estimate of drug-likeness (QED) is 0.907. The summed E-state index contributed by atoms with van der Waals surface area (Å²) in [5, 5.41) is 4.39. The van der Waals surface area contributed by atoms with Crippen LogP contribution in [-0.2, 0) is 9.47 Å². The van der Waals surface area contributed by atoms with Crippen LogP contribution in [0.25, 0.3) is 0 Å². The second kappa shape index (κ2) is 5.76. The Hall–Kier alpha value is -1.04. The van der Waals surface area contributed by atoms with E-state index in [2.05, 4.69) is 25.2 Å². The molecule has 4 nitrogen and oxygen atoms in total. The van der Waals surface area contributed by atoms with Gasteiger partial charge in [-0.3, -0.25) is 4.99 Å². The standard InChI is InChI=1S/C15H20N2O2S/c1-15(2)6-9-20-14(17-15)16-12-5-3-4-11(10-12)13-18-7-8-19-13/h3-5,10,13H,6-9H2,1-2H3,(H,16,17). The number of benzene rings is 1. The van der Waals surface area contributed by atoms with Crippen molar-refractivity contribution in [2.24, 2.45) is 4.99 Å². The maximum Gasteiger partial charge on any atom is 0.184 e. The van der Waals surface area contributed by atoms with Crippen molar-refractivity contribution in [3.05, 3.63) is 29.8 Å². The van der Waals surface area contributed by atoms with Gasteiger partial charge in [0.2, 0.25) is 0 Å². The molecule has 3 rings (SSSR count). The first-order chi connectivity index (χ1) is 9.62. The molecule has 0 spiro atoms. The van der Waals surface area contributed by atoms with Gasteiger partial charge in [0.05, 0.1) is 18.8 Å². The van der Waals surface area contributed by atoms with Gasteiger partial charge in [-0.05, 0) is 32.4 Å². The summed E-state index contributed by atoms with van der Waals surface area (Å²) in [5.41, 5.74) is 2.11. The zero-order chi connectivity index (χ0) is 14.0. The van der Waals surface area contributed by atoms with Crippen molar-refractivity contribution in [1.29, 1.82) is 0 Å². The third-order valence-electron chi connectivity index (χ3n) is 3.39. The number of ether oxygens (including phenoxy) is 2. The van der Waals surface area contributed by atoms with Crippen molar-refractivity contribution in [3.63, 3.8) is 0 Å². The number of hydrogen-bond acceptors (Lipinski definition) is 5. The minimum Gasteiger partial charge on any atom is -0.346 e. The highest BCUT2D eigenvalue weighted by Crippen LogP contribution is 2.29. The van der Waals surface area contributed by atoms with Gasteiger partial charge < -0.3 is 14.8 Å². The van der Waals surface area contributed by atoms with E-state index >= 15 is 0 Å². The van der Waals surface area contributed by atoms with Crippen molar-refractivity contribution in [2.75, 3.05) is 24.3 Å². The van der Waals surface area contributed by atoms with E-state index in [1.54, 1.807) is 11.8 Å². The largest absolute Gasteiger partial charge is 0.346 e. The van der Waals surface area contributed by atoms with Crippen LogP contribution in [-0.4, -0.2) is 29.7 Å². The van der Waals surface area contributed by atoms with Crippen LogP contribution in [0.3, 0.4) is 0 Å². The zero-order valence-corrected chi connectivity index (χ0v) is 12.7. The number of thioether (sulfide) groups is 1. The highest BCUT2D eigenvalue weighted by atomic mass is 32.2. The SMILES string of the molecule is CC1(C)CCSC(Nc2cccc(C3OCCO3)c2)=N1. The van der Waals surface area contributed by atoms with Crippen LogP contribution in [0, 0.1) is 0 Å². The lowest BCUT2D eigenvalue weighted by atomic mass is 10.0. The fourth-order valence-corrected chi connectivity index (χ4v) is 3.56. The molecule has 1 fully saturated rings. The minimum absolute atomic E-state index is 0.0306. The molecule has 5 heteroatoms. The molecular formula is C15H20N2O2S. The Morgan fingerprint density at radius 3 is 2.85 bits per heavy atom. The van der Waals surface area contributed by atoms with Gasteiger partial charge in [0.1, 0.15) is 0 Å². The van der Waals surface area contributed by atoms with E-state index in [4.69, 9.17) is 14.5 Å². The Balaban J connectivity index is 1.74. The smallest absolute Gasteiger partial charge is 0.184 e. The van der Waals surface area contributed by atoms with E-state index in [-0.39, 0.29) is 11.8 Å². The first-order valence-corrected chi connectivity index (χ1v) is 7.94. The number of hydrogen-bond donors (Lipinski definition) is 1. The summed E-state index contributed by atoms with van der Waals surface area (Å²) in [5.74, 6) is 1.10. The fourth-order valence-electron chi connectivity index (χ4n) is 2.26. The van der Waals surface area contributed by atoms with E-state index in [9.17, 15) is 0 Å². The molecule has 2 aliphatic rings. The molecule has 1 aromatic carbocycles. The van der Waals surface area contributed by atoms with Crippen molar-refractivity contribution >= 4 is 22.6 Å². The Labute approximate surface area is 123 Å². The number of nitrogens with one attached hydrogen (secondary N) is 1. The number of nitrogens with zero attached hydrogens (tertiary/aromatic N) is 1. The third-order valence-corrected chi connectivity index (χ3v) is 4.26. The van der Waals surface area contributed by atoms with E-state index in [0.29, 0.717) is 13.2 Å². The number of anilines is 1. The van der Waals surface area contributed by atoms with Gasteiger partial charge in [-0.25, -0.2) is 0 Å². The van der Waals surface area contributed by atoms with E-state index in [1.165, 1.54) is 0 Å². The molecule has 0 aliphatic carbocycles. The van der Waals surface area contributed by atoms with Gasteiger partial charge in [0.25, 0.3) is 0 Å². The summed E-state index contributed by atoms with van der Waals surface area (Å²) in [6, 6.07) is 8.16. The van der Waals surface area contributed by atoms with Gasteiger partial charge in [-0.2, -0.15) is 0 Å². The van der Waals surface area contributed by atoms with Crippen molar-refractivity contribution in [3.8, 4) is 0 Å². The first-order valence-electron chi connectivity index (χ1n) is 6.95. The first kappa shape index (κ1) is 13.9. The van der Waals surface area contributed by atoms with Crippen LogP contribution in [0.15, 0.2) is 29.3 Å². The molecule has 1 aromatic rings. The molecular weight excluding hydrogens is 272 g/mol. The zero-order valence-electron chi connectivity index (χ0n) is 11.9. The van der Waals surface area contributed by atoms with Gasteiger partial charge in [0, 0.05) is 17.0 Å². The molecule has 0 bridgehead atoms. The van der Waals surface area contributed by atoms with E-state index in [1.807, 2.05) is 18.2 Å². The average Bonchev–Trinajstić information content (AvgIpc) is 2.91. The third kappa shape index (κ3) is 3.34. The number of rotatable bonds is 2. The summed E-state index contributed by atoms with van der Waals surface area (Å²) >= 11 is 1.77. The Bertz CT molecular complexity index is 510. The van der Waals surface area contributed by atoms with Crippen LogP contribution >= 0.6 is 11.8 Å². The molecule has 0 saturated carbocycles. The molecule has 2 aliphatic heterocycles. The van der Waals surface area contributed by atoms with Crippen molar-refractivity contribution in [1.82, 2.24) is 0 Å². The average molecular weight is 292 g/mol. The highest BCUT2D eigenvalue weighted by molar-refractivity contribution is 8.14. The van der Waals surface area contributed by atoms with Crippen molar-refractivity contribution in [2.45, 2.75) is 32.1 Å². The Morgan fingerprint density at radius 1 is 1.30 bits per heavy atom. The molecule has 20 heavy (non-hydrogen) atoms. The monoisotopic (exact) mass is 292 g/mol. The Morgan fingerprint density at radius 2 is 2.10 bits per heavy atom. The maximum atomic E-state index is 5.53.